The third-order valence-electron chi connectivity index (χ3n) is 2.69. The van der Waals surface area contributed by atoms with Crippen molar-refractivity contribution >= 4 is 23.2 Å². The Hall–Kier alpha value is -1.59. The number of halogens is 3. The average Bonchev–Trinajstić information content (AvgIpc) is 2.36. The van der Waals surface area contributed by atoms with Crippen molar-refractivity contribution in [3.63, 3.8) is 0 Å². The Morgan fingerprint density at radius 2 is 1.89 bits per heavy atom. The lowest BCUT2D eigenvalue weighted by molar-refractivity contribution is 0.616. The van der Waals surface area contributed by atoms with Gasteiger partial charge >= 0.3 is 5.69 Å². The van der Waals surface area contributed by atoms with E-state index in [0.717, 1.165) is 15.2 Å². The molecular formula is C12H9Cl2FN2O2. The summed E-state index contributed by atoms with van der Waals surface area (Å²) in [7, 11) is 1.34. The highest BCUT2D eigenvalue weighted by molar-refractivity contribution is 6.31. The molecule has 2 aromatic rings. The van der Waals surface area contributed by atoms with Crippen LogP contribution in [0.1, 0.15) is 5.56 Å². The van der Waals surface area contributed by atoms with Crippen LogP contribution in [0.15, 0.2) is 33.9 Å². The summed E-state index contributed by atoms with van der Waals surface area (Å²) in [5.74, 6) is -0.464. The second-order valence-corrected chi connectivity index (χ2v) is 4.76. The van der Waals surface area contributed by atoms with Gasteiger partial charge in [0.2, 0.25) is 0 Å². The second-order valence-electron chi connectivity index (χ2n) is 3.97. The number of aromatic nitrogens is 2. The smallest absolute Gasteiger partial charge is 0.279 e. The van der Waals surface area contributed by atoms with Gasteiger partial charge in [0.1, 0.15) is 11.0 Å². The molecule has 19 heavy (non-hydrogen) atoms. The van der Waals surface area contributed by atoms with E-state index in [1.165, 1.54) is 25.2 Å². The van der Waals surface area contributed by atoms with Crippen LogP contribution in [0.5, 0.6) is 0 Å². The molecule has 0 spiro atoms. The van der Waals surface area contributed by atoms with Crippen molar-refractivity contribution in [3.8, 4) is 0 Å². The molecule has 2 rings (SSSR count). The number of hydrogen-bond donors (Lipinski definition) is 0. The summed E-state index contributed by atoms with van der Waals surface area (Å²) in [6, 6.07) is 4.95. The van der Waals surface area contributed by atoms with Gasteiger partial charge in [-0.1, -0.05) is 23.2 Å². The Balaban J connectivity index is 2.56. The van der Waals surface area contributed by atoms with Crippen LogP contribution < -0.4 is 11.2 Å². The zero-order valence-electron chi connectivity index (χ0n) is 9.86. The minimum absolute atomic E-state index is 0.0115. The van der Waals surface area contributed by atoms with Crippen LogP contribution in [0.2, 0.25) is 10.2 Å². The molecule has 1 aromatic heterocycles. The van der Waals surface area contributed by atoms with E-state index in [9.17, 15) is 14.0 Å². The molecule has 1 aromatic carbocycles. The zero-order chi connectivity index (χ0) is 14.2. The van der Waals surface area contributed by atoms with Crippen molar-refractivity contribution in [3.05, 3.63) is 66.7 Å². The van der Waals surface area contributed by atoms with Crippen LogP contribution in [0.4, 0.5) is 4.39 Å². The van der Waals surface area contributed by atoms with Gasteiger partial charge in [0.25, 0.3) is 5.56 Å². The van der Waals surface area contributed by atoms with Gasteiger partial charge in [0, 0.05) is 18.1 Å². The molecular weight excluding hydrogens is 294 g/mol. The van der Waals surface area contributed by atoms with Gasteiger partial charge in [-0.15, -0.1) is 0 Å². The van der Waals surface area contributed by atoms with E-state index in [1.807, 2.05) is 0 Å². The maximum absolute atomic E-state index is 13.2. The van der Waals surface area contributed by atoms with Crippen LogP contribution in [-0.4, -0.2) is 9.13 Å². The number of nitrogens with zero attached hydrogens (tertiary/aromatic N) is 2. The molecule has 0 aliphatic carbocycles. The molecule has 7 heteroatoms. The molecule has 0 radical (unpaired) electrons. The Morgan fingerprint density at radius 1 is 1.21 bits per heavy atom. The predicted octanol–water partition coefficient (Wildman–Crippen LogP) is 2.04. The summed E-state index contributed by atoms with van der Waals surface area (Å²) in [5, 5.41) is 0.298. The summed E-state index contributed by atoms with van der Waals surface area (Å²) in [5.41, 5.74) is -0.682. The lowest BCUT2D eigenvalue weighted by Gasteiger charge is -2.11. The van der Waals surface area contributed by atoms with E-state index in [4.69, 9.17) is 23.2 Å². The summed E-state index contributed by atoms with van der Waals surface area (Å²) in [4.78, 5) is 23.3. The van der Waals surface area contributed by atoms with E-state index in [0.29, 0.717) is 10.6 Å². The first-order chi connectivity index (χ1) is 8.90. The molecule has 0 aliphatic heterocycles. The van der Waals surface area contributed by atoms with Crippen LogP contribution in [-0.2, 0) is 13.6 Å². The quantitative estimate of drug-likeness (QED) is 0.797. The normalized spacial score (nSPS) is 10.7. The van der Waals surface area contributed by atoms with Gasteiger partial charge in [-0.3, -0.25) is 13.9 Å². The number of hydrogen-bond acceptors (Lipinski definition) is 2. The highest BCUT2D eigenvalue weighted by Crippen LogP contribution is 2.18. The Labute approximate surface area is 117 Å². The Kier molecular flexibility index (Phi) is 3.78. The van der Waals surface area contributed by atoms with E-state index in [-0.39, 0.29) is 11.7 Å². The number of rotatable bonds is 2. The van der Waals surface area contributed by atoms with Gasteiger partial charge < -0.3 is 0 Å². The summed E-state index contributed by atoms with van der Waals surface area (Å²) < 4.78 is 15.2. The van der Waals surface area contributed by atoms with E-state index in [2.05, 4.69) is 0 Å². The van der Waals surface area contributed by atoms with Crippen LogP contribution in [0.25, 0.3) is 0 Å². The van der Waals surface area contributed by atoms with Crippen molar-refractivity contribution in [1.82, 2.24) is 9.13 Å². The molecule has 0 amide bonds. The first-order valence-corrected chi connectivity index (χ1v) is 6.06. The van der Waals surface area contributed by atoms with Crippen LogP contribution in [0.3, 0.4) is 0 Å². The van der Waals surface area contributed by atoms with Crippen molar-refractivity contribution in [2.45, 2.75) is 6.54 Å². The zero-order valence-corrected chi connectivity index (χ0v) is 11.4. The molecule has 0 saturated heterocycles. The molecule has 0 bridgehead atoms. The molecule has 0 N–H and O–H groups in total. The fraction of sp³-hybridized carbons (Fsp3) is 0.167. The first kappa shape index (κ1) is 13.8. The third kappa shape index (κ3) is 2.72. The Bertz CT molecular complexity index is 752. The van der Waals surface area contributed by atoms with Gasteiger partial charge in [0.15, 0.2) is 0 Å². The maximum Gasteiger partial charge on any atom is 0.332 e. The topological polar surface area (TPSA) is 44.0 Å². The lowest BCUT2D eigenvalue weighted by atomic mass is 10.2. The molecule has 0 saturated carbocycles. The number of benzene rings is 1. The van der Waals surface area contributed by atoms with Crippen LogP contribution in [0, 0.1) is 5.82 Å². The van der Waals surface area contributed by atoms with Crippen molar-refractivity contribution in [1.29, 1.82) is 0 Å². The lowest BCUT2D eigenvalue weighted by Crippen LogP contribution is -2.38. The van der Waals surface area contributed by atoms with Crippen molar-refractivity contribution < 1.29 is 4.39 Å². The molecule has 0 fully saturated rings. The van der Waals surface area contributed by atoms with Crippen LogP contribution >= 0.6 is 23.2 Å². The second kappa shape index (κ2) is 5.19. The summed E-state index contributed by atoms with van der Waals surface area (Å²) >= 11 is 11.8. The minimum Gasteiger partial charge on any atom is -0.279 e. The van der Waals surface area contributed by atoms with Crippen molar-refractivity contribution in [2.24, 2.45) is 7.05 Å². The third-order valence-corrected chi connectivity index (χ3v) is 3.37. The van der Waals surface area contributed by atoms with Gasteiger partial charge in [-0.25, -0.2) is 9.18 Å². The van der Waals surface area contributed by atoms with E-state index in [1.54, 1.807) is 0 Å². The molecule has 100 valence electrons. The fourth-order valence-electron chi connectivity index (χ4n) is 1.62. The first-order valence-electron chi connectivity index (χ1n) is 5.30. The van der Waals surface area contributed by atoms with Gasteiger partial charge in [-0.2, -0.15) is 0 Å². The predicted molar refractivity (Wildman–Crippen MR) is 71.5 cm³/mol. The largest absolute Gasteiger partial charge is 0.332 e. The maximum atomic E-state index is 13.2. The highest BCUT2D eigenvalue weighted by atomic mass is 35.5. The molecule has 0 atom stereocenters. The van der Waals surface area contributed by atoms with Crippen molar-refractivity contribution in [2.75, 3.05) is 0 Å². The molecule has 0 aliphatic rings. The van der Waals surface area contributed by atoms with Gasteiger partial charge in [-0.05, 0) is 23.8 Å². The van der Waals surface area contributed by atoms with E-state index >= 15 is 0 Å². The molecule has 0 unspecified atom stereocenters. The summed E-state index contributed by atoms with van der Waals surface area (Å²) in [6.07, 6.45) is 0. The standard InChI is InChI=1S/C12H9Cl2FN2O2/c1-16-11(18)5-10(14)17(12(16)19)6-7-4-8(15)2-3-9(7)13/h2-5H,6H2,1H3. The van der Waals surface area contributed by atoms with Gasteiger partial charge in [0.05, 0.1) is 6.54 Å². The Morgan fingerprint density at radius 3 is 2.58 bits per heavy atom. The van der Waals surface area contributed by atoms with E-state index < -0.39 is 17.1 Å². The fourth-order valence-corrected chi connectivity index (χ4v) is 2.02. The minimum atomic E-state index is -0.585. The average molecular weight is 303 g/mol. The monoisotopic (exact) mass is 302 g/mol. The molecule has 1 heterocycles. The summed E-state index contributed by atoms with van der Waals surface area (Å²) in [6.45, 7) is -0.0115. The highest BCUT2D eigenvalue weighted by Gasteiger charge is 2.10. The SMILES string of the molecule is Cn1c(=O)cc(Cl)n(Cc2cc(F)ccc2Cl)c1=O. The molecule has 4 nitrogen and oxygen atoms in total.